The first-order valence-corrected chi connectivity index (χ1v) is 12.7. The Kier molecular flexibility index (Phi) is 7.17. The Morgan fingerprint density at radius 1 is 0.946 bits per heavy atom. The number of aromatic nitrogens is 1. The molecule has 0 bridgehead atoms. The molecule has 3 aromatic carbocycles. The van der Waals surface area contributed by atoms with Gasteiger partial charge in [0.15, 0.2) is 5.58 Å². The van der Waals surface area contributed by atoms with Crippen LogP contribution >= 0.6 is 23.2 Å². The van der Waals surface area contributed by atoms with Gasteiger partial charge in [0.05, 0.1) is 0 Å². The minimum Gasteiger partial charge on any atom is -0.457 e. The van der Waals surface area contributed by atoms with Gasteiger partial charge in [-0.25, -0.2) is 4.98 Å². The molecule has 0 saturated heterocycles. The number of fused-ring (bicyclic) bond motifs is 1. The summed E-state index contributed by atoms with van der Waals surface area (Å²) in [5, 5.41) is 3.89. The van der Waals surface area contributed by atoms with Crippen LogP contribution in [0.3, 0.4) is 0 Å². The molecule has 5 rings (SSSR count). The number of amides is 1. The van der Waals surface area contributed by atoms with Crippen molar-refractivity contribution in [1.82, 2.24) is 4.98 Å². The van der Waals surface area contributed by atoms with Crippen LogP contribution in [0.25, 0.3) is 40.0 Å². The molecule has 2 aromatic heterocycles. The zero-order valence-corrected chi connectivity index (χ0v) is 21.8. The lowest BCUT2D eigenvalue weighted by Gasteiger charge is -2.07. The molecule has 0 unspecified atom stereocenters. The first-order valence-electron chi connectivity index (χ1n) is 11.9. The molecule has 0 aliphatic heterocycles. The molecule has 0 aliphatic rings. The average molecular weight is 531 g/mol. The third-order valence-corrected chi connectivity index (χ3v) is 6.60. The van der Waals surface area contributed by atoms with Gasteiger partial charge in [-0.15, -0.1) is 0 Å². The number of carbonyl (C=O) groups excluding carboxylic acids is 1. The monoisotopic (exact) mass is 530 g/mol. The van der Waals surface area contributed by atoms with Crippen LogP contribution in [0.4, 0.5) is 5.69 Å². The highest BCUT2D eigenvalue weighted by molar-refractivity contribution is 6.35. The number of oxazole rings is 1. The van der Waals surface area contributed by atoms with Crippen LogP contribution in [0.1, 0.15) is 37.5 Å². The van der Waals surface area contributed by atoms with Crippen molar-refractivity contribution in [1.29, 1.82) is 0 Å². The van der Waals surface area contributed by atoms with Crippen molar-refractivity contribution in [3.05, 3.63) is 100 Å². The molecule has 0 fully saturated rings. The van der Waals surface area contributed by atoms with Gasteiger partial charge in [0.1, 0.15) is 17.0 Å². The second-order valence-electron chi connectivity index (χ2n) is 8.82. The summed E-state index contributed by atoms with van der Waals surface area (Å²) < 4.78 is 11.7. The van der Waals surface area contributed by atoms with Crippen molar-refractivity contribution in [2.24, 2.45) is 0 Å². The minimum atomic E-state index is -0.282. The Balaban J connectivity index is 1.24. The molecule has 5 nitrogen and oxygen atoms in total. The van der Waals surface area contributed by atoms with Gasteiger partial charge in [-0.2, -0.15) is 0 Å². The van der Waals surface area contributed by atoms with Crippen molar-refractivity contribution in [3.63, 3.8) is 0 Å². The molecular formula is C30H24Cl2N2O3. The van der Waals surface area contributed by atoms with Gasteiger partial charge in [-0.3, -0.25) is 4.79 Å². The summed E-state index contributed by atoms with van der Waals surface area (Å²) in [6, 6.07) is 22.3. The number of furan rings is 1. The predicted molar refractivity (Wildman–Crippen MR) is 150 cm³/mol. The Labute approximate surface area is 224 Å². The number of halogens is 2. The first-order chi connectivity index (χ1) is 17.9. The SMILES string of the molecule is CC[C@H](C)c1ccc2oc(-c3ccc(NC(=O)/C=C/c4ccc(-c5cc(Cl)cc(Cl)c5)o4)cc3)nc2c1. The Hall–Kier alpha value is -3.80. The number of benzene rings is 3. The summed E-state index contributed by atoms with van der Waals surface area (Å²) in [7, 11) is 0. The van der Waals surface area contributed by atoms with Crippen molar-refractivity contribution in [2.45, 2.75) is 26.2 Å². The Morgan fingerprint density at radius 2 is 1.70 bits per heavy atom. The number of carbonyl (C=O) groups is 1. The zero-order chi connectivity index (χ0) is 25.9. The smallest absolute Gasteiger partial charge is 0.248 e. The summed E-state index contributed by atoms with van der Waals surface area (Å²) in [4.78, 5) is 17.1. The lowest BCUT2D eigenvalue weighted by molar-refractivity contribution is -0.111. The molecule has 7 heteroatoms. The summed E-state index contributed by atoms with van der Waals surface area (Å²) in [6.45, 7) is 4.37. The molecule has 1 amide bonds. The normalized spacial score (nSPS) is 12.3. The molecule has 0 radical (unpaired) electrons. The molecule has 1 atom stereocenters. The molecule has 0 aliphatic carbocycles. The quantitative estimate of drug-likeness (QED) is 0.213. The van der Waals surface area contributed by atoms with Gasteiger partial charge in [-0.1, -0.05) is 43.1 Å². The number of anilines is 1. The van der Waals surface area contributed by atoms with Crippen molar-refractivity contribution < 1.29 is 13.6 Å². The molecular weight excluding hydrogens is 507 g/mol. The van der Waals surface area contributed by atoms with Crippen LogP contribution in [0, 0.1) is 0 Å². The van der Waals surface area contributed by atoms with E-state index in [-0.39, 0.29) is 5.91 Å². The Bertz CT molecular complexity index is 1580. The maximum Gasteiger partial charge on any atom is 0.248 e. The van der Waals surface area contributed by atoms with Crippen LogP contribution in [-0.2, 0) is 4.79 Å². The van der Waals surface area contributed by atoms with Crippen LogP contribution in [0.2, 0.25) is 10.0 Å². The van der Waals surface area contributed by atoms with E-state index in [9.17, 15) is 4.79 Å². The van der Waals surface area contributed by atoms with E-state index in [2.05, 4.69) is 36.3 Å². The summed E-state index contributed by atoms with van der Waals surface area (Å²) in [5.74, 6) is 1.87. The van der Waals surface area contributed by atoms with E-state index in [1.54, 1.807) is 36.4 Å². The fraction of sp³-hybridized carbons (Fsp3) is 0.133. The first kappa shape index (κ1) is 24.9. The van der Waals surface area contributed by atoms with Crippen LogP contribution in [-0.4, -0.2) is 10.9 Å². The Morgan fingerprint density at radius 3 is 2.43 bits per heavy atom. The lowest BCUT2D eigenvalue weighted by Crippen LogP contribution is -2.07. The highest BCUT2D eigenvalue weighted by atomic mass is 35.5. The molecule has 0 saturated carbocycles. The maximum atomic E-state index is 12.4. The highest BCUT2D eigenvalue weighted by Crippen LogP contribution is 2.30. The van der Waals surface area contributed by atoms with Crippen LogP contribution in [0.15, 0.2) is 87.7 Å². The van der Waals surface area contributed by atoms with Gasteiger partial charge >= 0.3 is 0 Å². The number of rotatable bonds is 7. The van der Waals surface area contributed by atoms with Gasteiger partial charge in [0.25, 0.3) is 0 Å². The van der Waals surface area contributed by atoms with Gasteiger partial charge < -0.3 is 14.2 Å². The second-order valence-corrected chi connectivity index (χ2v) is 9.69. The summed E-state index contributed by atoms with van der Waals surface area (Å²) in [5.41, 5.74) is 5.09. The van der Waals surface area contributed by atoms with Crippen molar-refractivity contribution >= 4 is 52.0 Å². The minimum absolute atomic E-state index is 0.282. The molecule has 37 heavy (non-hydrogen) atoms. The lowest BCUT2D eigenvalue weighted by atomic mass is 9.98. The van der Waals surface area contributed by atoms with E-state index in [0.717, 1.165) is 28.6 Å². The standard InChI is InChI=1S/C30H24Cl2N2O3/c1-3-18(2)20-6-11-28-26(16-20)34-30(37-28)19-4-7-24(8-5-19)33-29(35)13-10-25-9-12-27(36-25)21-14-22(31)17-23(32)15-21/h4-18H,3H2,1-2H3,(H,33,35)/b13-10+/t18-/m0/s1. The van der Waals surface area contributed by atoms with E-state index in [1.165, 1.54) is 11.6 Å². The topological polar surface area (TPSA) is 68.3 Å². The van der Waals surface area contributed by atoms with Crippen molar-refractivity contribution in [3.8, 4) is 22.8 Å². The van der Waals surface area contributed by atoms with Gasteiger partial charge in [0, 0.05) is 32.9 Å². The van der Waals surface area contributed by atoms with E-state index >= 15 is 0 Å². The largest absolute Gasteiger partial charge is 0.457 e. The summed E-state index contributed by atoms with van der Waals surface area (Å²) >= 11 is 12.1. The number of nitrogens with one attached hydrogen (secondary N) is 1. The predicted octanol–water partition coefficient (Wildman–Crippen LogP) is 9.23. The fourth-order valence-electron chi connectivity index (χ4n) is 3.94. The van der Waals surface area contributed by atoms with E-state index in [4.69, 9.17) is 32.0 Å². The van der Waals surface area contributed by atoms with Crippen LogP contribution in [0.5, 0.6) is 0 Å². The third-order valence-electron chi connectivity index (χ3n) is 6.17. The molecule has 0 spiro atoms. The number of hydrogen-bond acceptors (Lipinski definition) is 4. The average Bonchev–Trinajstić information content (AvgIpc) is 3.54. The second kappa shape index (κ2) is 10.7. The fourth-order valence-corrected chi connectivity index (χ4v) is 4.47. The maximum absolute atomic E-state index is 12.4. The zero-order valence-electron chi connectivity index (χ0n) is 20.3. The molecule has 186 valence electrons. The van der Waals surface area contributed by atoms with Gasteiger partial charge in [-0.05, 0) is 90.7 Å². The number of nitrogens with zero attached hydrogens (tertiary/aromatic N) is 1. The molecule has 2 heterocycles. The van der Waals surface area contributed by atoms with E-state index in [0.29, 0.717) is 39.1 Å². The molecule has 5 aromatic rings. The number of hydrogen-bond donors (Lipinski definition) is 1. The molecule has 1 N–H and O–H groups in total. The van der Waals surface area contributed by atoms with Crippen molar-refractivity contribution in [2.75, 3.05) is 5.32 Å². The van der Waals surface area contributed by atoms with E-state index in [1.807, 2.05) is 30.3 Å². The van der Waals surface area contributed by atoms with E-state index < -0.39 is 0 Å². The third kappa shape index (κ3) is 5.79. The highest BCUT2D eigenvalue weighted by Gasteiger charge is 2.11. The summed E-state index contributed by atoms with van der Waals surface area (Å²) in [6.07, 6.45) is 4.09. The van der Waals surface area contributed by atoms with Gasteiger partial charge in [0.2, 0.25) is 11.8 Å². The van der Waals surface area contributed by atoms with Crippen LogP contribution < -0.4 is 5.32 Å².